The van der Waals surface area contributed by atoms with Crippen molar-refractivity contribution in [1.82, 2.24) is 0 Å². The fourth-order valence-corrected chi connectivity index (χ4v) is 3.41. The lowest BCUT2D eigenvalue weighted by Gasteiger charge is -2.19. The third-order valence-electron chi connectivity index (χ3n) is 4.91. The molecule has 1 saturated carbocycles. The highest BCUT2D eigenvalue weighted by Gasteiger charge is 2.39. The van der Waals surface area contributed by atoms with Gasteiger partial charge in [0.05, 0.1) is 18.3 Å². The molecule has 5 nitrogen and oxygen atoms in total. The van der Waals surface area contributed by atoms with E-state index in [0.29, 0.717) is 25.7 Å². The Hall–Kier alpha value is -1.17. The van der Waals surface area contributed by atoms with Crippen LogP contribution in [0.5, 0.6) is 0 Å². The highest BCUT2D eigenvalue weighted by Crippen LogP contribution is 2.36. The van der Waals surface area contributed by atoms with Gasteiger partial charge in [-0.1, -0.05) is 50.5 Å². The van der Waals surface area contributed by atoms with Crippen molar-refractivity contribution >= 4 is 5.97 Å². The highest BCUT2D eigenvalue weighted by atomic mass is 16.4. The molecule has 144 valence electrons. The number of carboxylic acids is 1. The first-order valence-corrected chi connectivity index (χ1v) is 9.55. The molecule has 0 heterocycles. The van der Waals surface area contributed by atoms with Crippen molar-refractivity contribution in [2.75, 3.05) is 0 Å². The van der Waals surface area contributed by atoms with E-state index in [1.807, 2.05) is 18.2 Å². The van der Waals surface area contributed by atoms with Crippen LogP contribution >= 0.6 is 0 Å². The second kappa shape index (κ2) is 12.2. The molecule has 25 heavy (non-hydrogen) atoms. The van der Waals surface area contributed by atoms with Gasteiger partial charge in [-0.15, -0.1) is 0 Å². The van der Waals surface area contributed by atoms with Crippen LogP contribution in [0.25, 0.3) is 0 Å². The summed E-state index contributed by atoms with van der Waals surface area (Å²) in [5.74, 6) is -1.00. The van der Waals surface area contributed by atoms with Crippen molar-refractivity contribution in [3.8, 4) is 0 Å². The zero-order valence-electron chi connectivity index (χ0n) is 15.3. The SMILES string of the molecule is CCCCC[C@H](O)/C=C\[C@@H]1[C@@H](C/C=C/CCCC(=O)O)[C@@H](O)C[C@H]1O. The second-order valence-corrected chi connectivity index (χ2v) is 7.05. The Bertz CT molecular complexity index is 432. The maximum Gasteiger partial charge on any atom is 0.303 e. The molecule has 4 N–H and O–H groups in total. The number of rotatable bonds is 12. The van der Waals surface area contributed by atoms with Gasteiger partial charge in [0.1, 0.15) is 0 Å². The standard InChI is InChI=1S/C20H34O5/c1-2-3-6-9-15(21)12-13-17-16(18(22)14-19(17)23)10-7-4-5-8-11-20(24)25/h4,7,12-13,15-19,21-23H,2-3,5-6,8-11,14H2,1H3,(H,24,25)/b7-4+,13-12-/t15-,16+,17+,18-,19+/m0/s1. The molecule has 1 aliphatic carbocycles. The molecule has 0 aliphatic heterocycles. The minimum Gasteiger partial charge on any atom is -0.481 e. The van der Waals surface area contributed by atoms with E-state index in [1.165, 1.54) is 0 Å². The summed E-state index contributed by atoms with van der Waals surface area (Å²) in [7, 11) is 0. The smallest absolute Gasteiger partial charge is 0.303 e. The molecule has 5 heteroatoms. The van der Waals surface area contributed by atoms with Gasteiger partial charge in [-0.2, -0.15) is 0 Å². The molecule has 1 fully saturated rings. The van der Waals surface area contributed by atoms with Crippen LogP contribution in [0.3, 0.4) is 0 Å². The number of allylic oxidation sites excluding steroid dienone is 2. The monoisotopic (exact) mass is 354 g/mol. The maximum absolute atomic E-state index is 10.5. The Morgan fingerprint density at radius 2 is 1.92 bits per heavy atom. The molecule has 0 unspecified atom stereocenters. The molecule has 0 aromatic heterocycles. The zero-order chi connectivity index (χ0) is 18.7. The highest BCUT2D eigenvalue weighted by molar-refractivity contribution is 5.66. The number of hydrogen-bond donors (Lipinski definition) is 4. The van der Waals surface area contributed by atoms with E-state index >= 15 is 0 Å². The predicted octanol–water partition coefficient (Wildman–Crippen LogP) is 3.04. The lowest BCUT2D eigenvalue weighted by Crippen LogP contribution is -2.20. The number of carbonyl (C=O) groups is 1. The van der Waals surface area contributed by atoms with Gasteiger partial charge >= 0.3 is 5.97 Å². The lowest BCUT2D eigenvalue weighted by molar-refractivity contribution is -0.137. The summed E-state index contributed by atoms with van der Waals surface area (Å²) in [6, 6.07) is 0. The Morgan fingerprint density at radius 1 is 1.16 bits per heavy atom. The van der Waals surface area contributed by atoms with Crippen molar-refractivity contribution < 1.29 is 25.2 Å². The first-order chi connectivity index (χ1) is 12.0. The minimum atomic E-state index is -0.787. The first kappa shape index (κ1) is 21.9. The average Bonchev–Trinajstić information content (AvgIpc) is 2.82. The van der Waals surface area contributed by atoms with E-state index in [4.69, 9.17) is 5.11 Å². The Labute approximate surface area is 151 Å². The molecular formula is C20H34O5. The van der Waals surface area contributed by atoms with Gasteiger partial charge in [0.2, 0.25) is 0 Å². The summed E-state index contributed by atoms with van der Waals surface area (Å²) in [4.78, 5) is 10.5. The topological polar surface area (TPSA) is 98.0 Å². The lowest BCUT2D eigenvalue weighted by atomic mass is 9.89. The fraction of sp³-hybridized carbons (Fsp3) is 0.750. The van der Waals surface area contributed by atoms with Gasteiger partial charge in [0, 0.05) is 18.8 Å². The van der Waals surface area contributed by atoms with Crippen molar-refractivity contribution in [3.63, 3.8) is 0 Å². The number of unbranched alkanes of at least 4 members (excludes halogenated alkanes) is 3. The maximum atomic E-state index is 10.5. The summed E-state index contributed by atoms with van der Waals surface area (Å²) in [5.41, 5.74) is 0. The quantitative estimate of drug-likeness (QED) is 0.319. The van der Waals surface area contributed by atoms with Crippen LogP contribution in [0.2, 0.25) is 0 Å². The first-order valence-electron chi connectivity index (χ1n) is 9.55. The van der Waals surface area contributed by atoms with E-state index in [1.54, 1.807) is 6.08 Å². The molecule has 0 amide bonds. The Kier molecular flexibility index (Phi) is 10.7. The molecule has 1 aliphatic rings. The number of aliphatic carboxylic acids is 1. The zero-order valence-corrected chi connectivity index (χ0v) is 15.3. The molecule has 1 rings (SSSR count). The molecule has 0 aromatic carbocycles. The predicted molar refractivity (Wildman–Crippen MR) is 98.1 cm³/mol. The molecule has 0 bridgehead atoms. The van der Waals surface area contributed by atoms with Crippen LogP contribution in [-0.2, 0) is 4.79 Å². The van der Waals surface area contributed by atoms with Crippen molar-refractivity contribution in [2.45, 2.75) is 83.0 Å². The van der Waals surface area contributed by atoms with Gasteiger partial charge < -0.3 is 20.4 Å². The van der Waals surface area contributed by atoms with Crippen molar-refractivity contribution in [2.24, 2.45) is 11.8 Å². The van der Waals surface area contributed by atoms with Crippen molar-refractivity contribution in [1.29, 1.82) is 0 Å². The van der Waals surface area contributed by atoms with Crippen LogP contribution < -0.4 is 0 Å². The fourth-order valence-electron chi connectivity index (χ4n) is 3.41. The number of carboxylic acid groups (broad SMARTS) is 1. The van der Waals surface area contributed by atoms with Crippen LogP contribution in [-0.4, -0.2) is 44.7 Å². The Balaban J connectivity index is 2.46. The third kappa shape index (κ3) is 8.66. The molecule has 0 saturated heterocycles. The third-order valence-corrected chi connectivity index (χ3v) is 4.91. The van der Waals surface area contributed by atoms with Crippen LogP contribution in [0.4, 0.5) is 0 Å². The van der Waals surface area contributed by atoms with E-state index in [2.05, 4.69) is 6.92 Å². The van der Waals surface area contributed by atoms with Gasteiger partial charge in [-0.05, 0) is 31.6 Å². The van der Waals surface area contributed by atoms with E-state index in [9.17, 15) is 20.1 Å². The molecule has 0 aromatic rings. The number of aliphatic hydroxyl groups excluding tert-OH is 3. The van der Waals surface area contributed by atoms with Crippen LogP contribution in [0.15, 0.2) is 24.3 Å². The summed E-state index contributed by atoms with van der Waals surface area (Å²) in [6.07, 6.45) is 12.3. The minimum absolute atomic E-state index is 0.0650. The Morgan fingerprint density at radius 3 is 2.60 bits per heavy atom. The molecular weight excluding hydrogens is 320 g/mol. The molecule has 0 spiro atoms. The van der Waals surface area contributed by atoms with Crippen molar-refractivity contribution in [3.05, 3.63) is 24.3 Å². The average molecular weight is 354 g/mol. The summed E-state index contributed by atoms with van der Waals surface area (Å²) >= 11 is 0. The largest absolute Gasteiger partial charge is 0.481 e. The second-order valence-electron chi connectivity index (χ2n) is 7.05. The van der Waals surface area contributed by atoms with E-state index in [-0.39, 0.29) is 18.3 Å². The van der Waals surface area contributed by atoms with Gasteiger partial charge in [0.25, 0.3) is 0 Å². The number of hydrogen-bond acceptors (Lipinski definition) is 4. The van der Waals surface area contributed by atoms with Crippen LogP contribution in [0.1, 0.15) is 64.7 Å². The van der Waals surface area contributed by atoms with Gasteiger partial charge in [-0.3, -0.25) is 4.79 Å². The van der Waals surface area contributed by atoms with E-state index < -0.39 is 24.3 Å². The summed E-state index contributed by atoms with van der Waals surface area (Å²) in [6.45, 7) is 2.12. The summed E-state index contributed by atoms with van der Waals surface area (Å²) in [5, 5.41) is 39.0. The molecule has 0 radical (unpaired) electrons. The summed E-state index contributed by atoms with van der Waals surface area (Å²) < 4.78 is 0. The van der Waals surface area contributed by atoms with E-state index in [0.717, 1.165) is 25.7 Å². The van der Waals surface area contributed by atoms with Crippen LogP contribution in [0, 0.1) is 11.8 Å². The molecule has 5 atom stereocenters. The van der Waals surface area contributed by atoms with Gasteiger partial charge in [0.15, 0.2) is 0 Å². The number of aliphatic hydroxyl groups is 3. The normalized spacial score (nSPS) is 28.2. The van der Waals surface area contributed by atoms with Gasteiger partial charge in [-0.25, -0.2) is 0 Å².